The number of hydrogen-bond acceptors (Lipinski definition) is 1. The minimum Gasteiger partial charge on any atom is -0.312 e. The Bertz CT molecular complexity index is 144. The summed E-state index contributed by atoms with van der Waals surface area (Å²) in [5.74, 6) is 1.45. The van der Waals surface area contributed by atoms with Crippen LogP contribution in [0.15, 0.2) is 12.7 Å². The minimum absolute atomic E-state index is 0.238. The van der Waals surface area contributed by atoms with Crippen LogP contribution in [0.25, 0.3) is 0 Å². The van der Waals surface area contributed by atoms with E-state index >= 15 is 0 Å². The van der Waals surface area contributed by atoms with Gasteiger partial charge in [-0.2, -0.15) is 0 Å². The average Bonchev–Trinajstić information content (AvgIpc) is 1.99. The molecule has 0 aromatic carbocycles. The molecular formula is C12H25N. The van der Waals surface area contributed by atoms with E-state index in [1.165, 1.54) is 0 Å². The molecule has 0 aromatic heterocycles. The first kappa shape index (κ1) is 12.7. The molecule has 0 rings (SSSR count). The first-order valence-corrected chi connectivity index (χ1v) is 5.22. The second-order valence-corrected chi connectivity index (χ2v) is 5.11. The van der Waals surface area contributed by atoms with Crippen molar-refractivity contribution in [1.29, 1.82) is 0 Å². The molecule has 0 saturated heterocycles. The van der Waals surface area contributed by atoms with Crippen LogP contribution >= 0.6 is 0 Å². The smallest absolute Gasteiger partial charge is 0.00966 e. The molecule has 0 spiro atoms. The lowest BCUT2D eigenvalue weighted by molar-refractivity contribution is 0.320. The zero-order chi connectivity index (χ0) is 10.5. The van der Waals surface area contributed by atoms with Gasteiger partial charge in [-0.05, 0) is 45.6 Å². The number of nitrogens with one attached hydrogen (secondary N) is 1. The predicted octanol–water partition coefficient (Wildman–Crippen LogP) is 3.22. The third-order valence-corrected chi connectivity index (χ3v) is 2.46. The minimum atomic E-state index is 0.238. The van der Waals surface area contributed by atoms with Crippen LogP contribution < -0.4 is 5.32 Å². The summed E-state index contributed by atoms with van der Waals surface area (Å²) in [6.45, 7) is 16.1. The van der Waals surface area contributed by atoms with E-state index in [9.17, 15) is 0 Å². The molecule has 2 unspecified atom stereocenters. The maximum absolute atomic E-state index is 3.77. The van der Waals surface area contributed by atoms with Crippen LogP contribution in [0.1, 0.15) is 41.0 Å². The van der Waals surface area contributed by atoms with E-state index in [2.05, 4.69) is 46.5 Å². The Morgan fingerprint density at radius 1 is 1.23 bits per heavy atom. The molecule has 0 amide bonds. The van der Waals surface area contributed by atoms with E-state index in [1.54, 1.807) is 0 Å². The van der Waals surface area contributed by atoms with Crippen LogP contribution in [0.2, 0.25) is 0 Å². The van der Waals surface area contributed by atoms with Crippen molar-refractivity contribution < 1.29 is 0 Å². The Kier molecular flexibility index (Phi) is 5.31. The summed E-state index contributed by atoms with van der Waals surface area (Å²) in [6.07, 6.45) is 3.13. The number of rotatable bonds is 5. The Morgan fingerprint density at radius 3 is 2.15 bits per heavy atom. The van der Waals surface area contributed by atoms with Crippen molar-refractivity contribution in [3.05, 3.63) is 12.7 Å². The van der Waals surface area contributed by atoms with E-state index in [-0.39, 0.29) is 5.54 Å². The normalized spacial score (nSPS) is 16.7. The molecule has 13 heavy (non-hydrogen) atoms. The fraction of sp³-hybridized carbons (Fsp3) is 0.833. The maximum Gasteiger partial charge on any atom is 0.00966 e. The molecule has 0 fully saturated rings. The molecule has 0 aliphatic rings. The van der Waals surface area contributed by atoms with Gasteiger partial charge in [0.15, 0.2) is 0 Å². The Labute approximate surface area is 83.6 Å². The van der Waals surface area contributed by atoms with Gasteiger partial charge in [0.05, 0.1) is 0 Å². The molecular weight excluding hydrogens is 158 g/mol. The first-order chi connectivity index (χ1) is 5.87. The molecule has 1 N–H and O–H groups in total. The van der Waals surface area contributed by atoms with E-state index in [4.69, 9.17) is 0 Å². The highest BCUT2D eigenvalue weighted by Gasteiger charge is 2.14. The van der Waals surface area contributed by atoms with Crippen LogP contribution in [0.4, 0.5) is 0 Å². The van der Waals surface area contributed by atoms with Crippen molar-refractivity contribution in [2.24, 2.45) is 11.8 Å². The lowest BCUT2D eigenvalue weighted by Gasteiger charge is -2.26. The second kappa shape index (κ2) is 5.43. The van der Waals surface area contributed by atoms with Gasteiger partial charge in [-0.1, -0.05) is 19.9 Å². The Hall–Kier alpha value is -0.300. The molecule has 0 radical (unpaired) electrons. The quantitative estimate of drug-likeness (QED) is 0.645. The van der Waals surface area contributed by atoms with Gasteiger partial charge in [0.25, 0.3) is 0 Å². The van der Waals surface area contributed by atoms with Crippen molar-refractivity contribution >= 4 is 0 Å². The molecule has 0 aromatic rings. The molecule has 78 valence electrons. The topological polar surface area (TPSA) is 12.0 Å². The zero-order valence-corrected chi connectivity index (χ0v) is 9.85. The van der Waals surface area contributed by atoms with Gasteiger partial charge in [0.1, 0.15) is 0 Å². The molecule has 0 saturated carbocycles. The van der Waals surface area contributed by atoms with Crippen molar-refractivity contribution in [1.82, 2.24) is 5.32 Å². The molecule has 0 aliphatic carbocycles. The fourth-order valence-electron chi connectivity index (χ4n) is 1.16. The second-order valence-electron chi connectivity index (χ2n) is 5.11. The summed E-state index contributed by atoms with van der Waals surface area (Å²) < 4.78 is 0. The summed E-state index contributed by atoms with van der Waals surface area (Å²) in [5, 5.41) is 3.53. The highest BCUT2D eigenvalue weighted by atomic mass is 14.9. The zero-order valence-electron chi connectivity index (χ0n) is 9.85. The number of allylic oxidation sites excluding steroid dienone is 1. The molecule has 1 heteroatoms. The standard InChI is InChI=1S/C12H25N/c1-7-8-10(2)11(3)9-13-12(4,5)6/h7,10-11,13H,1,8-9H2,2-6H3. The van der Waals surface area contributed by atoms with Crippen molar-refractivity contribution in [2.45, 2.75) is 46.6 Å². The lowest BCUT2D eigenvalue weighted by atomic mass is 9.92. The largest absolute Gasteiger partial charge is 0.312 e. The summed E-state index contributed by atoms with van der Waals surface area (Å²) in [4.78, 5) is 0. The third kappa shape index (κ3) is 6.83. The summed E-state index contributed by atoms with van der Waals surface area (Å²) >= 11 is 0. The van der Waals surface area contributed by atoms with Crippen LogP contribution in [0.5, 0.6) is 0 Å². The summed E-state index contributed by atoms with van der Waals surface area (Å²) in [7, 11) is 0. The first-order valence-electron chi connectivity index (χ1n) is 5.22. The van der Waals surface area contributed by atoms with Gasteiger partial charge in [0, 0.05) is 5.54 Å². The lowest BCUT2D eigenvalue weighted by Crippen LogP contribution is -2.39. The average molecular weight is 183 g/mol. The van der Waals surface area contributed by atoms with Crippen molar-refractivity contribution in [3.8, 4) is 0 Å². The van der Waals surface area contributed by atoms with Crippen molar-refractivity contribution in [2.75, 3.05) is 6.54 Å². The van der Waals surface area contributed by atoms with Crippen LogP contribution in [0, 0.1) is 11.8 Å². The van der Waals surface area contributed by atoms with Gasteiger partial charge < -0.3 is 5.32 Å². The van der Waals surface area contributed by atoms with Gasteiger partial charge in [0.2, 0.25) is 0 Å². The van der Waals surface area contributed by atoms with Crippen LogP contribution in [0.3, 0.4) is 0 Å². The molecule has 0 bridgehead atoms. The highest BCUT2D eigenvalue weighted by Crippen LogP contribution is 2.15. The fourth-order valence-corrected chi connectivity index (χ4v) is 1.16. The maximum atomic E-state index is 3.77. The van der Waals surface area contributed by atoms with Crippen LogP contribution in [-0.4, -0.2) is 12.1 Å². The molecule has 0 heterocycles. The van der Waals surface area contributed by atoms with E-state index < -0.39 is 0 Å². The number of hydrogen-bond donors (Lipinski definition) is 1. The highest BCUT2D eigenvalue weighted by molar-refractivity contribution is 4.77. The van der Waals surface area contributed by atoms with Gasteiger partial charge in [-0.25, -0.2) is 0 Å². The summed E-state index contributed by atoms with van der Waals surface area (Å²) in [5.41, 5.74) is 0.238. The SMILES string of the molecule is C=CCC(C)C(C)CNC(C)(C)C. The van der Waals surface area contributed by atoms with E-state index in [0.717, 1.165) is 24.8 Å². The van der Waals surface area contributed by atoms with E-state index in [1.807, 2.05) is 6.08 Å². The third-order valence-electron chi connectivity index (χ3n) is 2.46. The predicted molar refractivity (Wildman–Crippen MR) is 60.9 cm³/mol. The molecule has 2 atom stereocenters. The van der Waals surface area contributed by atoms with Gasteiger partial charge in [-0.15, -0.1) is 6.58 Å². The van der Waals surface area contributed by atoms with Crippen molar-refractivity contribution in [3.63, 3.8) is 0 Å². The Balaban J connectivity index is 3.73. The molecule has 1 nitrogen and oxygen atoms in total. The monoisotopic (exact) mass is 183 g/mol. The summed E-state index contributed by atoms with van der Waals surface area (Å²) in [6, 6.07) is 0. The van der Waals surface area contributed by atoms with Gasteiger partial charge >= 0.3 is 0 Å². The van der Waals surface area contributed by atoms with Gasteiger partial charge in [-0.3, -0.25) is 0 Å². The van der Waals surface area contributed by atoms with Crippen LogP contribution in [-0.2, 0) is 0 Å². The Morgan fingerprint density at radius 2 is 1.77 bits per heavy atom. The van der Waals surface area contributed by atoms with E-state index in [0.29, 0.717) is 0 Å². The molecule has 0 aliphatic heterocycles.